The second-order valence-corrected chi connectivity index (χ2v) is 8.95. The maximum Gasteiger partial charge on any atom is 0.262 e. The van der Waals surface area contributed by atoms with Crippen molar-refractivity contribution in [1.82, 2.24) is 4.90 Å². The van der Waals surface area contributed by atoms with Gasteiger partial charge in [-0.25, -0.2) is 8.42 Å². The molecule has 0 unspecified atom stereocenters. The van der Waals surface area contributed by atoms with E-state index < -0.39 is 10.0 Å². The number of carbonyl (C=O) groups excluding carboxylic acids is 1. The molecule has 0 spiro atoms. The maximum absolute atomic E-state index is 13.1. The van der Waals surface area contributed by atoms with Crippen molar-refractivity contribution in [3.05, 3.63) is 83.4 Å². The Balaban J connectivity index is 1.84. The van der Waals surface area contributed by atoms with Crippen LogP contribution in [0.4, 0.5) is 5.69 Å². The number of benzene rings is 3. The average molecular weight is 455 g/mol. The molecule has 0 radical (unpaired) electrons. The van der Waals surface area contributed by atoms with E-state index in [1.54, 1.807) is 57.5 Å². The fraction of sp³-hybridized carbons (Fsp3) is 0.208. The molecule has 8 heteroatoms. The number of carbonyl (C=O) groups is 1. The molecule has 0 fully saturated rings. The molecule has 1 amide bonds. The minimum absolute atomic E-state index is 0.0344. The molecular weight excluding hydrogens is 428 g/mol. The van der Waals surface area contributed by atoms with Crippen LogP contribution in [-0.4, -0.2) is 40.5 Å². The Hall–Kier alpha value is -3.52. The first kappa shape index (κ1) is 23.1. The van der Waals surface area contributed by atoms with E-state index in [1.165, 1.54) is 18.1 Å². The largest absolute Gasteiger partial charge is 0.497 e. The molecule has 0 aliphatic rings. The highest BCUT2D eigenvalue weighted by atomic mass is 32.2. The van der Waals surface area contributed by atoms with Gasteiger partial charge in [-0.3, -0.25) is 9.52 Å². The topological polar surface area (TPSA) is 84.9 Å². The second kappa shape index (κ2) is 9.74. The SMILES string of the molecule is COc1ccc(CN(C)C(=O)c2ccc(C)c(S(=O)(=O)Nc3ccccc3OC)c2)cc1. The number of rotatable bonds is 8. The summed E-state index contributed by atoms with van der Waals surface area (Å²) in [4.78, 5) is 14.6. The minimum Gasteiger partial charge on any atom is -0.497 e. The Bertz CT molecular complexity index is 1210. The molecule has 3 rings (SSSR count). The van der Waals surface area contributed by atoms with Gasteiger partial charge in [-0.2, -0.15) is 0 Å². The Morgan fingerprint density at radius 2 is 1.66 bits per heavy atom. The molecule has 0 aromatic heterocycles. The first-order chi connectivity index (χ1) is 15.2. The minimum atomic E-state index is -3.94. The summed E-state index contributed by atoms with van der Waals surface area (Å²) in [5, 5.41) is 0. The highest BCUT2D eigenvalue weighted by Gasteiger charge is 2.22. The van der Waals surface area contributed by atoms with E-state index in [4.69, 9.17) is 9.47 Å². The van der Waals surface area contributed by atoms with Gasteiger partial charge in [0.25, 0.3) is 15.9 Å². The van der Waals surface area contributed by atoms with Crippen LogP contribution in [0.25, 0.3) is 0 Å². The fourth-order valence-electron chi connectivity index (χ4n) is 3.25. The number of amides is 1. The number of anilines is 1. The van der Waals surface area contributed by atoms with Crippen molar-refractivity contribution in [2.24, 2.45) is 0 Å². The molecule has 0 saturated carbocycles. The fourth-order valence-corrected chi connectivity index (χ4v) is 4.59. The molecule has 0 atom stereocenters. The number of hydrogen-bond acceptors (Lipinski definition) is 5. The molecule has 7 nitrogen and oxygen atoms in total. The van der Waals surface area contributed by atoms with Crippen LogP contribution in [-0.2, 0) is 16.6 Å². The molecule has 32 heavy (non-hydrogen) atoms. The van der Waals surface area contributed by atoms with Gasteiger partial charge in [0.05, 0.1) is 24.8 Å². The summed E-state index contributed by atoms with van der Waals surface area (Å²) in [5.41, 5.74) is 2.07. The van der Waals surface area contributed by atoms with Gasteiger partial charge in [0.2, 0.25) is 0 Å². The third-order valence-corrected chi connectivity index (χ3v) is 6.51. The van der Waals surface area contributed by atoms with E-state index in [0.717, 1.165) is 11.3 Å². The smallest absolute Gasteiger partial charge is 0.262 e. The molecule has 0 bridgehead atoms. The van der Waals surface area contributed by atoms with Crippen LogP contribution in [0.1, 0.15) is 21.5 Å². The molecule has 3 aromatic rings. The van der Waals surface area contributed by atoms with Crippen molar-refractivity contribution in [3.63, 3.8) is 0 Å². The van der Waals surface area contributed by atoms with Crippen LogP contribution >= 0.6 is 0 Å². The van der Waals surface area contributed by atoms with Crippen molar-refractivity contribution < 1.29 is 22.7 Å². The van der Waals surface area contributed by atoms with E-state index in [-0.39, 0.29) is 16.4 Å². The quantitative estimate of drug-likeness (QED) is 0.554. The van der Waals surface area contributed by atoms with Crippen LogP contribution < -0.4 is 14.2 Å². The molecule has 0 heterocycles. The predicted molar refractivity (Wildman–Crippen MR) is 124 cm³/mol. The van der Waals surface area contributed by atoms with Crippen LogP contribution in [0.5, 0.6) is 11.5 Å². The van der Waals surface area contributed by atoms with E-state index in [9.17, 15) is 13.2 Å². The molecule has 0 aliphatic carbocycles. The normalized spacial score (nSPS) is 11.0. The van der Waals surface area contributed by atoms with Crippen molar-refractivity contribution in [2.45, 2.75) is 18.4 Å². The third kappa shape index (κ3) is 5.20. The Kier molecular flexibility index (Phi) is 7.05. The number of sulfonamides is 1. The zero-order chi connectivity index (χ0) is 23.3. The lowest BCUT2D eigenvalue weighted by molar-refractivity contribution is 0.0785. The second-order valence-electron chi connectivity index (χ2n) is 7.30. The van der Waals surface area contributed by atoms with Crippen LogP contribution in [0, 0.1) is 6.92 Å². The lowest BCUT2D eigenvalue weighted by atomic mass is 10.1. The molecule has 1 N–H and O–H groups in total. The van der Waals surface area contributed by atoms with Gasteiger partial charge in [0.1, 0.15) is 11.5 Å². The van der Waals surface area contributed by atoms with Crippen LogP contribution in [0.2, 0.25) is 0 Å². The van der Waals surface area contributed by atoms with Crippen molar-refractivity contribution in [3.8, 4) is 11.5 Å². The summed E-state index contributed by atoms with van der Waals surface area (Å²) in [6, 6.07) is 18.8. The maximum atomic E-state index is 13.1. The molecule has 0 saturated heterocycles. The number of hydrogen-bond donors (Lipinski definition) is 1. The van der Waals surface area contributed by atoms with Gasteiger partial charge in [0.15, 0.2) is 0 Å². The Labute approximate surface area is 188 Å². The molecule has 0 aliphatic heterocycles. The van der Waals surface area contributed by atoms with Gasteiger partial charge in [-0.1, -0.05) is 30.3 Å². The van der Waals surface area contributed by atoms with Crippen molar-refractivity contribution in [1.29, 1.82) is 0 Å². The number of aryl methyl sites for hydroxylation is 1. The van der Waals surface area contributed by atoms with Crippen LogP contribution in [0.3, 0.4) is 0 Å². The number of nitrogens with one attached hydrogen (secondary N) is 1. The summed E-state index contributed by atoms with van der Waals surface area (Å²) < 4.78 is 39.1. The summed E-state index contributed by atoms with van der Waals surface area (Å²) in [5.74, 6) is 0.855. The number of nitrogens with zero attached hydrogens (tertiary/aromatic N) is 1. The predicted octanol–water partition coefficient (Wildman–Crippen LogP) is 4.09. The first-order valence-electron chi connectivity index (χ1n) is 9.90. The lowest BCUT2D eigenvalue weighted by Gasteiger charge is -2.19. The number of methoxy groups -OCH3 is 2. The van der Waals surface area contributed by atoms with Gasteiger partial charge in [-0.15, -0.1) is 0 Å². The standard InChI is InChI=1S/C24H26N2O5S/c1-17-9-12-19(24(27)26(2)16-18-10-13-20(30-3)14-11-18)15-23(17)32(28,29)25-21-7-5-6-8-22(21)31-4/h5-15,25H,16H2,1-4H3. The monoisotopic (exact) mass is 454 g/mol. The van der Waals surface area contributed by atoms with E-state index in [2.05, 4.69) is 4.72 Å². The van der Waals surface area contributed by atoms with Gasteiger partial charge in [0, 0.05) is 19.2 Å². The van der Waals surface area contributed by atoms with Gasteiger partial charge < -0.3 is 14.4 Å². The van der Waals surface area contributed by atoms with Crippen LogP contribution in [0.15, 0.2) is 71.6 Å². The summed E-state index contributed by atoms with van der Waals surface area (Å²) in [6.07, 6.45) is 0. The van der Waals surface area contributed by atoms with E-state index >= 15 is 0 Å². The zero-order valence-electron chi connectivity index (χ0n) is 18.5. The average Bonchev–Trinajstić information content (AvgIpc) is 2.79. The lowest BCUT2D eigenvalue weighted by Crippen LogP contribution is -2.26. The van der Waals surface area contributed by atoms with E-state index in [1.807, 2.05) is 24.3 Å². The summed E-state index contributed by atoms with van der Waals surface area (Å²) >= 11 is 0. The van der Waals surface area contributed by atoms with E-state index in [0.29, 0.717) is 23.5 Å². The van der Waals surface area contributed by atoms with Gasteiger partial charge >= 0.3 is 0 Å². The molecular formula is C24H26N2O5S. The van der Waals surface area contributed by atoms with Crippen molar-refractivity contribution in [2.75, 3.05) is 26.0 Å². The number of para-hydroxylation sites is 2. The highest BCUT2D eigenvalue weighted by molar-refractivity contribution is 7.92. The zero-order valence-corrected chi connectivity index (χ0v) is 19.3. The number of ether oxygens (including phenoxy) is 2. The summed E-state index contributed by atoms with van der Waals surface area (Å²) in [6.45, 7) is 2.06. The Morgan fingerprint density at radius 3 is 2.31 bits per heavy atom. The first-order valence-corrected chi connectivity index (χ1v) is 11.4. The van der Waals surface area contributed by atoms with Crippen molar-refractivity contribution >= 4 is 21.6 Å². The van der Waals surface area contributed by atoms with Gasteiger partial charge in [-0.05, 0) is 54.4 Å². The highest BCUT2D eigenvalue weighted by Crippen LogP contribution is 2.28. The molecule has 168 valence electrons. The molecule has 3 aromatic carbocycles. The Morgan fingerprint density at radius 1 is 0.969 bits per heavy atom. The third-order valence-electron chi connectivity index (χ3n) is 5.00. The summed E-state index contributed by atoms with van der Waals surface area (Å²) in [7, 11) is 0.797.